The summed E-state index contributed by atoms with van der Waals surface area (Å²) in [5.41, 5.74) is 8.50. The first-order valence-corrected chi connectivity index (χ1v) is 6.87. The number of carbonyl (C=O) groups is 1. The highest BCUT2D eigenvalue weighted by molar-refractivity contribution is 5.69. The molecule has 0 saturated carbocycles. The molecular weight excluding hydrogens is 294 g/mol. The maximum absolute atomic E-state index is 9.00. The summed E-state index contributed by atoms with van der Waals surface area (Å²) < 4.78 is 1.38. The summed E-state index contributed by atoms with van der Waals surface area (Å²) in [6.07, 6.45) is 5.33. The quantitative estimate of drug-likeness (QED) is 0.579. The maximum atomic E-state index is 9.00. The van der Waals surface area contributed by atoms with Crippen LogP contribution in [0, 0.1) is 0 Å². The van der Waals surface area contributed by atoms with Gasteiger partial charge < -0.3 is 32.9 Å². The SMILES string of the molecule is CCC[N+](CCC)(CCC)CCC.NC(N)=O.[Br-]. The number of carbonyl (C=O) groups excluding carboxylic acids is 1. The van der Waals surface area contributed by atoms with Gasteiger partial charge in [-0.15, -0.1) is 0 Å². The van der Waals surface area contributed by atoms with Crippen molar-refractivity contribution in [3.63, 3.8) is 0 Å². The molecule has 0 fully saturated rings. The highest BCUT2D eigenvalue weighted by atomic mass is 79.9. The minimum Gasteiger partial charge on any atom is -1.00 e. The molecule has 112 valence electrons. The molecule has 0 heterocycles. The topological polar surface area (TPSA) is 69.1 Å². The van der Waals surface area contributed by atoms with Crippen LogP contribution in [-0.2, 0) is 0 Å². The van der Waals surface area contributed by atoms with Crippen molar-refractivity contribution in [1.82, 2.24) is 0 Å². The summed E-state index contributed by atoms with van der Waals surface area (Å²) in [5.74, 6) is 0. The molecule has 0 aliphatic heterocycles. The molecule has 0 radical (unpaired) electrons. The second-order valence-electron chi connectivity index (χ2n) is 4.64. The lowest BCUT2D eigenvalue weighted by molar-refractivity contribution is -0.928. The van der Waals surface area contributed by atoms with Gasteiger partial charge in [0.2, 0.25) is 0 Å². The van der Waals surface area contributed by atoms with E-state index in [-0.39, 0.29) is 17.0 Å². The predicted octanol–water partition coefficient (Wildman–Crippen LogP) is -0.529. The summed E-state index contributed by atoms with van der Waals surface area (Å²) >= 11 is 0. The summed E-state index contributed by atoms with van der Waals surface area (Å²) in [6.45, 7) is 14.8. The molecule has 0 bridgehead atoms. The lowest BCUT2D eigenvalue weighted by Gasteiger charge is -2.38. The van der Waals surface area contributed by atoms with Gasteiger partial charge in [0.15, 0.2) is 0 Å². The van der Waals surface area contributed by atoms with Crippen LogP contribution in [-0.4, -0.2) is 36.7 Å². The van der Waals surface area contributed by atoms with Crippen LogP contribution in [0.1, 0.15) is 53.4 Å². The molecule has 2 amide bonds. The zero-order valence-electron chi connectivity index (χ0n) is 12.5. The van der Waals surface area contributed by atoms with Crippen molar-refractivity contribution >= 4 is 6.03 Å². The highest BCUT2D eigenvalue weighted by Crippen LogP contribution is 2.12. The van der Waals surface area contributed by atoms with Gasteiger partial charge in [0.05, 0.1) is 26.2 Å². The molecule has 0 saturated heterocycles. The molecule has 0 aromatic heterocycles. The van der Waals surface area contributed by atoms with Crippen LogP contribution in [0.4, 0.5) is 4.79 Å². The van der Waals surface area contributed by atoms with Crippen molar-refractivity contribution in [2.75, 3.05) is 26.2 Å². The smallest absolute Gasteiger partial charge is 0.309 e. The van der Waals surface area contributed by atoms with Crippen molar-refractivity contribution in [3.05, 3.63) is 0 Å². The third kappa shape index (κ3) is 13.8. The zero-order chi connectivity index (χ0) is 13.7. The molecule has 0 unspecified atom stereocenters. The van der Waals surface area contributed by atoms with E-state index in [9.17, 15) is 0 Å². The third-order valence-electron chi connectivity index (χ3n) is 2.79. The van der Waals surface area contributed by atoms with Gasteiger partial charge in [-0.1, -0.05) is 27.7 Å². The van der Waals surface area contributed by atoms with Crippen LogP contribution in [0.15, 0.2) is 0 Å². The lowest BCUT2D eigenvalue weighted by atomic mass is 10.2. The van der Waals surface area contributed by atoms with Gasteiger partial charge in [0.1, 0.15) is 0 Å². The van der Waals surface area contributed by atoms with Crippen molar-refractivity contribution in [2.45, 2.75) is 53.4 Å². The Morgan fingerprint density at radius 3 is 1.06 bits per heavy atom. The largest absolute Gasteiger partial charge is 1.00 e. The Kier molecular flexibility index (Phi) is 18.8. The first-order valence-electron chi connectivity index (χ1n) is 6.87. The third-order valence-corrected chi connectivity index (χ3v) is 2.79. The highest BCUT2D eigenvalue weighted by Gasteiger charge is 2.22. The fraction of sp³-hybridized carbons (Fsp3) is 0.923. The maximum Gasteiger partial charge on any atom is 0.309 e. The number of urea groups is 1. The second-order valence-corrected chi connectivity index (χ2v) is 4.64. The number of amides is 2. The number of nitrogens with zero attached hydrogens (tertiary/aromatic N) is 1. The van der Waals surface area contributed by atoms with Gasteiger partial charge in [-0.3, -0.25) is 0 Å². The molecule has 0 aromatic rings. The van der Waals surface area contributed by atoms with E-state index in [4.69, 9.17) is 4.79 Å². The number of quaternary nitrogens is 1. The number of nitrogens with two attached hydrogens (primary N) is 2. The van der Waals surface area contributed by atoms with Crippen LogP contribution < -0.4 is 28.4 Å². The second kappa shape index (κ2) is 14.8. The summed E-state index contributed by atoms with van der Waals surface area (Å²) in [7, 11) is 0. The Balaban J connectivity index is -0.000000392. The Labute approximate surface area is 123 Å². The molecule has 0 aliphatic carbocycles. The fourth-order valence-electron chi connectivity index (χ4n) is 2.57. The minimum absolute atomic E-state index is 0. The van der Waals surface area contributed by atoms with E-state index in [0.717, 1.165) is 0 Å². The lowest BCUT2D eigenvalue weighted by Crippen LogP contribution is -3.00. The molecule has 18 heavy (non-hydrogen) atoms. The Bertz CT molecular complexity index is 156. The normalized spacial score (nSPS) is 10.0. The molecule has 0 aliphatic rings. The summed E-state index contributed by atoms with van der Waals surface area (Å²) in [4.78, 5) is 9.00. The van der Waals surface area contributed by atoms with E-state index >= 15 is 0 Å². The van der Waals surface area contributed by atoms with Crippen LogP contribution in [0.3, 0.4) is 0 Å². The van der Waals surface area contributed by atoms with Gasteiger partial charge in [-0.2, -0.15) is 0 Å². The molecule has 0 atom stereocenters. The minimum atomic E-state index is -0.833. The average molecular weight is 326 g/mol. The zero-order valence-corrected chi connectivity index (χ0v) is 14.1. The van der Waals surface area contributed by atoms with E-state index in [1.807, 2.05) is 0 Å². The number of rotatable bonds is 8. The Morgan fingerprint density at radius 1 is 0.778 bits per heavy atom. The van der Waals surface area contributed by atoms with Gasteiger partial charge in [-0.05, 0) is 25.7 Å². The molecule has 5 heteroatoms. The number of halogens is 1. The molecule has 0 aromatic carbocycles. The Morgan fingerprint density at radius 2 is 0.944 bits per heavy atom. The predicted molar refractivity (Wildman–Crippen MR) is 74.7 cm³/mol. The van der Waals surface area contributed by atoms with Crippen molar-refractivity contribution in [1.29, 1.82) is 0 Å². The number of hydrogen-bond acceptors (Lipinski definition) is 1. The van der Waals surface area contributed by atoms with E-state index in [0.29, 0.717) is 0 Å². The standard InChI is InChI=1S/C12H28N.CH4N2O.BrH/c1-5-9-13(10-6-2,11-7-3)12-8-4;2-1(3)4;/h5-12H2,1-4H3;(H4,2,3,4);1H/q+1;;/p-1. The summed E-state index contributed by atoms with van der Waals surface area (Å²) in [6, 6.07) is -0.833. The van der Waals surface area contributed by atoms with Crippen LogP contribution in [0.2, 0.25) is 0 Å². The van der Waals surface area contributed by atoms with E-state index in [2.05, 4.69) is 39.2 Å². The summed E-state index contributed by atoms with van der Waals surface area (Å²) in [5, 5.41) is 0. The van der Waals surface area contributed by atoms with Gasteiger partial charge in [0.25, 0.3) is 0 Å². The van der Waals surface area contributed by atoms with E-state index in [1.54, 1.807) is 0 Å². The van der Waals surface area contributed by atoms with Crippen molar-refractivity contribution < 1.29 is 26.3 Å². The monoisotopic (exact) mass is 325 g/mol. The van der Waals surface area contributed by atoms with Crippen LogP contribution in [0.25, 0.3) is 0 Å². The molecule has 0 rings (SSSR count). The Hall–Kier alpha value is -0.290. The number of hydrogen-bond donors (Lipinski definition) is 2. The number of primary amides is 2. The molecule has 4 N–H and O–H groups in total. The van der Waals surface area contributed by atoms with Crippen molar-refractivity contribution in [3.8, 4) is 0 Å². The van der Waals surface area contributed by atoms with E-state index < -0.39 is 6.03 Å². The fourth-order valence-corrected chi connectivity index (χ4v) is 2.57. The van der Waals surface area contributed by atoms with E-state index in [1.165, 1.54) is 56.3 Å². The molecular formula is C13H32BrN3O. The van der Waals surface area contributed by atoms with Gasteiger partial charge in [-0.25, -0.2) is 4.79 Å². The van der Waals surface area contributed by atoms with Crippen LogP contribution >= 0.6 is 0 Å². The van der Waals surface area contributed by atoms with Gasteiger partial charge in [0, 0.05) is 0 Å². The first-order chi connectivity index (χ1) is 7.97. The average Bonchev–Trinajstić information content (AvgIpc) is 2.18. The van der Waals surface area contributed by atoms with Crippen LogP contribution in [0.5, 0.6) is 0 Å². The first kappa shape index (κ1) is 22.9. The molecule has 0 spiro atoms. The van der Waals surface area contributed by atoms with Crippen molar-refractivity contribution in [2.24, 2.45) is 11.5 Å². The van der Waals surface area contributed by atoms with Gasteiger partial charge >= 0.3 is 6.03 Å². The molecule has 4 nitrogen and oxygen atoms in total.